The summed E-state index contributed by atoms with van der Waals surface area (Å²) in [6.07, 6.45) is 2.20. The molecule has 1 fully saturated rings. The number of hydrogen-bond acceptors (Lipinski definition) is 4. The van der Waals surface area contributed by atoms with E-state index in [1.54, 1.807) is 0 Å². The molecule has 136 valence electrons. The molecule has 0 bridgehead atoms. The Morgan fingerprint density at radius 3 is 2.69 bits per heavy atom. The molecular weight excluding hydrogens is 328 g/mol. The molecule has 0 atom stereocenters. The summed E-state index contributed by atoms with van der Waals surface area (Å²) in [5.41, 5.74) is 2.53. The zero-order chi connectivity index (χ0) is 18.1. The quantitative estimate of drug-likeness (QED) is 0.744. The van der Waals surface area contributed by atoms with Gasteiger partial charge in [0.15, 0.2) is 5.76 Å². The van der Waals surface area contributed by atoms with E-state index in [-0.39, 0.29) is 5.91 Å². The number of carbonyl (C=O) groups excluding carboxylic acids is 1. The highest BCUT2D eigenvalue weighted by Crippen LogP contribution is 2.30. The van der Waals surface area contributed by atoms with Crippen LogP contribution in [0.2, 0.25) is 0 Å². The minimum absolute atomic E-state index is 0.132. The van der Waals surface area contributed by atoms with Crippen molar-refractivity contribution in [2.45, 2.75) is 26.7 Å². The molecule has 0 unspecified atom stereocenters. The van der Waals surface area contributed by atoms with Crippen molar-refractivity contribution >= 4 is 16.9 Å². The topological polar surface area (TPSA) is 67.4 Å². The summed E-state index contributed by atoms with van der Waals surface area (Å²) < 4.78 is 11.6. The van der Waals surface area contributed by atoms with Gasteiger partial charge in [-0.1, -0.05) is 12.1 Å². The molecule has 5 nitrogen and oxygen atoms in total. The first-order chi connectivity index (χ1) is 12.6. The Morgan fingerprint density at radius 1 is 1.15 bits per heavy atom. The molecule has 0 radical (unpaired) electrons. The van der Waals surface area contributed by atoms with Crippen LogP contribution in [0.3, 0.4) is 0 Å². The lowest BCUT2D eigenvalue weighted by molar-refractivity contribution is 0.0917. The van der Waals surface area contributed by atoms with Crippen LogP contribution in [0.25, 0.3) is 22.3 Å². The first kappa shape index (κ1) is 16.9. The molecule has 1 aromatic carbocycles. The van der Waals surface area contributed by atoms with Crippen molar-refractivity contribution in [3.8, 4) is 11.3 Å². The molecule has 3 aromatic rings. The second-order valence-electron chi connectivity index (χ2n) is 7.08. The molecule has 0 saturated carbocycles. The third kappa shape index (κ3) is 3.27. The Bertz CT molecular complexity index is 932. The minimum atomic E-state index is -0.132. The van der Waals surface area contributed by atoms with Crippen molar-refractivity contribution in [2.75, 3.05) is 19.6 Å². The van der Waals surface area contributed by atoms with Crippen LogP contribution in [0, 0.1) is 19.8 Å². The first-order valence-corrected chi connectivity index (χ1v) is 9.20. The fourth-order valence-corrected chi connectivity index (χ4v) is 3.59. The molecule has 1 amide bonds. The van der Waals surface area contributed by atoms with Gasteiger partial charge in [-0.25, -0.2) is 0 Å². The van der Waals surface area contributed by atoms with Crippen molar-refractivity contribution in [2.24, 2.45) is 5.92 Å². The molecule has 1 aliphatic rings. The van der Waals surface area contributed by atoms with E-state index >= 15 is 0 Å². The van der Waals surface area contributed by atoms with Crippen molar-refractivity contribution in [1.82, 2.24) is 10.6 Å². The molecule has 1 aliphatic heterocycles. The van der Waals surface area contributed by atoms with Gasteiger partial charge >= 0.3 is 0 Å². The summed E-state index contributed by atoms with van der Waals surface area (Å²) in [5, 5.41) is 7.35. The second kappa shape index (κ2) is 7.00. The maximum Gasteiger partial charge on any atom is 0.287 e. The van der Waals surface area contributed by atoms with Crippen molar-refractivity contribution in [3.63, 3.8) is 0 Å². The van der Waals surface area contributed by atoms with Crippen LogP contribution >= 0.6 is 0 Å². The summed E-state index contributed by atoms with van der Waals surface area (Å²) in [7, 11) is 0. The molecular formula is C21H24N2O3. The van der Waals surface area contributed by atoms with Gasteiger partial charge in [0.05, 0.1) is 0 Å². The summed E-state index contributed by atoms with van der Waals surface area (Å²) in [6, 6.07) is 9.81. The van der Waals surface area contributed by atoms with E-state index in [9.17, 15) is 4.79 Å². The van der Waals surface area contributed by atoms with E-state index in [0.29, 0.717) is 23.8 Å². The van der Waals surface area contributed by atoms with E-state index in [1.165, 1.54) is 0 Å². The highest BCUT2D eigenvalue weighted by molar-refractivity contribution is 5.99. The largest absolute Gasteiger partial charge is 0.461 e. The molecule has 5 heteroatoms. The predicted octanol–water partition coefficient (Wildman–Crippen LogP) is 4.04. The molecule has 1 saturated heterocycles. The van der Waals surface area contributed by atoms with Gasteiger partial charge in [0.2, 0.25) is 0 Å². The van der Waals surface area contributed by atoms with Crippen LogP contribution in [0.4, 0.5) is 0 Å². The monoisotopic (exact) mass is 352 g/mol. The van der Waals surface area contributed by atoms with E-state index in [4.69, 9.17) is 8.83 Å². The molecule has 2 N–H and O–H groups in total. The van der Waals surface area contributed by atoms with Gasteiger partial charge in [-0.3, -0.25) is 4.79 Å². The fourth-order valence-electron chi connectivity index (χ4n) is 3.59. The van der Waals surface area contributed by atoms with E-state index in [2.05, 4.69) is 10.6 Å². The second-order valence-corrected chi connectivity index (χ2v) is 7.08. The number of hydrogen-bond donors (Lipinski definition) is 2. The lowest BCUT2D eigenvalue weighted by atomic mass is 9.98. The highest BCUT2D eigenvalue weighted by atomic mass is 16.3. The Kier molecular flexibility index (Phi) is 4.55. The van der Waals surface area contributed by atoms with Crippen molar-refractivity contribution in [3.05, 3.63) is 47.4 Å². The molecule has 2 aromatic heterocycles. The van der Waals surface area contributed by atoms with Crippen LogP contribution in [0.5, 0.6) is 0 Å². The molecule has 4 rings (SSSR count). The Balaban J connectivity index is 1.55. The predicted molar refractivity (Wildman–Crippen MR) is 101 cm³/mol. The summed E-state index contributed by atoms with van der Waals surface area (Å²) in [6.45, 7) is 6.61. The lowest BCUT2D eigenvalue weighted by Gasteiger charge is -2.22. The standard InChI is InChI=1S/C21H24N2O3/c1-13-3-6-18(25-13)16-4-5-17-14(2)20(26-19(17)11-16)21(24)23-12-15-7-9-22-10-8-15/h3-6,11,15,22H,7-10,12H2,1-2H3,(H,23,24). The zero-order valence-electron chi connectivity index (χ0n) is 15.2. The van der Waals surface area contributed by atoms with E-state index in [1.807, 2.05) is 44.2 Å². The molecule has 26 heavy (non-hydrogen) atoms. The van der Waals surface area contributed by atoms with Crippen LogP contribution in [-0.4, -0.2) is 25.5 Å². The Hall–Kier alpha value is -2.53. The smallest absolute Gasteiger partial charge is 0.287 e. The van der Waals surface area contributed by atoms with Gasteiger partial charge in [0, 0.05) is 23.1 Å². The lowest BCUT2D eigenvalue weighted by Crippen LogP contribution is -2.36. The zero-order valence-corrected chi connectivity index (χ0v) is 15.2. The maximum absolute atomic E-state index is 12.6. The number of benzene rings is 1. The van der Waals surface area contributed by atoms with E-state index < -0.39 is 0 Å². The number of nitrogens with one attached hydrogen (secondary N) is 2. The van der Waals surface area contributed by atoms with Gasteiger partial charge in [0.1, 0.15) is 17.1 Å². The fraction of sp³-hybridized carbons (Fsp3) is 0.381. The number of rotatable bonds is 4. The van der Waals surface area contributed by atoms with Gasteiger partial charge < -0.3 is 19.5 Å². The number of aryl methyl sites for hydroxylation is 2. The van der Waals surface area contributed by atoms with Crippen LogP contribution < -0.4 is 10.6 Å². The third-order valence-electron chi connectivity index (χ3n) is 5.18. The molecule has 3 heterocycles. The first-order valence-electron chi connectivity index (χ1n) is 9.20. The third-order valence-corrected chi connectivity index (χ3v) is 5.18. The van der Waals surface area contributed by atoms with Gasteiger partial charge in [-0.05, 0) is 63.9 Å². The van der Waals surface area contributed by atoms with Crippen molar-refractivity contribution in [1.29, 1.82) is 0 Å². The molecule has 0 aliphatic carbocycles. The Morgan fingerprint density at radius 2 is 1.96 bits per heavy atom. The van der Waals surface area contributed by atoms with Gasteiger partial charge in [-0.15, -0.1) is 0 Å². The van der Waals surface area contributed by atoms with Gasteiger partial charge in [-0.2, -0.15) is 0 Å². The van der Waals surface area contributed by atoms with Crippen LogP contribution in [-0.2, 0) is 0 Å². The van der Waals surface area contributed by atoms with Gasteiger partial charge in [0.25, 0.3) is 5.91 Å². The SMILES string of the molecule is Cc1ccc(-c2ccc3c(C)c(C(=O)NCC4CCNCC4)oc3c2)o1. The average Bonchev–Trinajstić information content (AvgIpc) is 3.24. The number of piperidine rings is 1. The number of furan rings is 2. The normalized spacial score (nSPS) is 15.5. The average molecular weight is 352 g/mol. The van der Waals surface area contributed by atoms with Crippen molar-refractivity contribution < 1.29 is 13.6 Å². The number of amides is 1. The number of carbonyl (C=O) groups is 1. The summed E-state index contributed by atoms with van der Waals surface area (Å²) >= 11 is 0. The minimum Gasteiger partial charge on any atom is -0.461 e. The highest BCUT2D eigenvalue weighted by Gasteiger charge is 2.20. The van der Waals surface area contributed by atoms with Crippen LogP contribution in [0.1, 0.15) is 34.7 Å². The Labute approximate surface area is 152 Å². The molecule has 0 spiro atoms. The van der Waals surface area contributed by atoms with E-state index in [0.717, 1.165) is 54.0 Å². The summed E-state index contributed by atoms with van der Waals surface area (Å²) in [4.78, 5) is 12.6. The summed E-state index contributed by atoms with van der Waals surface area (Å²) in [5.74, 6) is 2.48. The van der Waals surface area contributed by atoms with Crippen LogP contribution in [0.15, 0.2) is 39.2 Å². The maximum atomic E-state index is 12.6. The number of fused-ring (bicyclic) bond motifs is 1.